The Morgan fingerprint density at radius 2 is 1.88 bits per heavy atom. The molecule has 0 amide bonds. The fraction of sp³-hybridized carbons (Fsp3) is 0.474. The van der Waals surface area contributed by atoms with Crippen LogP contribution >= 0.6 is 0 Å². The van der Waals surface area contributed by atoms with Crippen molar-refractivity contribution in [3.8, 4) is 5.75 Å². The number of benzene rings is 1. The van der Waals surface area contributed by atoms with Gasteiger partial charge >= 0.3 is 0 Å². The number of rotatable bonds is 5. The maximum Gasteiger partial charge on any atom is 0.227 e. The highest BCUT2D eigenvalue weighted by Gasteiger charge is 2.18. The summed E-state index contributed by atoms with van der Waals surface area (Å²) in [5, 5.41) is 3.41. The van der Waals surface area contributed by atoms with E-state index in [0.29, 0.717) is 0 Å². The number of aromatic nitrogens is 2. The molecular formula is C19H26N4O. The Balaban J connectivity index is 1.66. The van der Waals surface area contributed by atoms with E-state index in [9.17, 15) is 0 Å². The smallest absolute Gasteiger partial charge is 0.227 e. The van der Waals surface area contributed by atoms with E-state index < -0.39 is 0 Å². The number of hydrogen-bond acceptors (Lipinski definition) is 5. The van der Waals surface area contributed by atoms with Gasteiger partial charge in [0.2, 0.25) is 5.95 Å². The maximum absolute atomic E-state index is 5.19. The van der Waals surface area contributed by atoms with Crippen LogP contribution in [0.4, 0.5) is 11.8 Å². The van der Waals surface area contributed by atoms with E-state index in [2.05, 4.69) is 34.3 Å². The average molecular weight is 326 g/mol. The zero-order valence-corrected chi connectivity index (χ0v) is 14.7. The minimum absolute atomic E-state index is 0.733. The largest absolute Gasteiger partial charge is 0.497 e. The van der Waals surface area contributed by atoms with Crippen molar-refractivity contribution >= 4 is 11.8 Å². The van der Waals surface area contributed by atoms with Crippen LogP contribution in [0.3, 0.4) is 0 Å². The third-order valence-electron chi connectivity index (χ3n) is 4.54. The van der Waals surface area contributed by atoms with Crippen LogP contribution in [0.5, 0.6) is 5.75 Å². The molecule has 5 heteroatoms. The molecule has 0 saturated carbocycles. The predicted octanol–water partition coefficient (Wildman–Crippen LogP) is 3.64. The molecule has 1 aliphatic heterocycles. The van der Waals surface area contributed by atoms with Gasteiger partial charge in [-0.15, -0.1) is 0 Å². The van der Waals surface area contributed by atoms with Crippen LogP contribution in [0, 0.1) is 12.8 Å². The van der Waals surface area contributed by atoms with Crippen molar-refractivity contribution in [2.75, 3.05) is 30.4 Å². The van der Waals surface area contributed by atoms with E-state index in [4.69, 9.17) is 9.72 Å². The Bertz CT molecular complexity index is 664. The molecule has 1 aromatic carbocycles. The topological polar surface area (TPSA) is 50.3 Å². The molecule has 1 saturated heterocycles. The Morgan fingerprint density at radius 1 is 1.17 bits per heavy atom. The summed E-state index contributed by atoms with van der Waals surface area (Å²) in [4.78, 5) is 11.6. The molecule has 1 N–H and O–H groups in total. The molecule has 128 valence electrons. The summed E-state index contributed by atoms with van der Waals surface area (Å²) in [6.45, 7) is 7.16. The van der Waals surface area contributed by atoms with Crippen LogP contribution < -0.4 is 15.0 Å². The lowest BCUT2D eigenvalue weighted by molar-refractivity contribution is 0.414. The molecule has 1 aromatic heterocycles. The summed E-state index contributed by atoms with van der Waals surface area (Å²) in [5.41, 5.74) is 2.19. The van der Waals surface area contributed by atoms with E-state index in [1.165, 1.54) is 18.4 Å². The summed E-state index contributed by atoms with van der Waals surface area (Å²) in [5.74, 6) is 3.41. The van der Waals surface area contributed by atoms with Gasteiger partial charge in [-0.05, 0) is 43.4 Å². The van der Waals surface area contributed by atoms with Gasteiger partial charge in [-0.2, -0.15) is 4.98 Å². The van der Waals surface area contributed by atoms with Crippen molar-refractivity contribution in [3.63, 3.8) is 0 Å². The predicted molar refractivity (Wildman–Crippen MR) is 97.7 cm³/mol. The quantitative estimate of drug-likeness (QED) is 0.909. The monoisotopic (exact) mass is 326 g/mol. The minimum Gasteiger partial charge on any atom is -0.497 e. The molecule has 0 radical (unpaired) electrons. The van der Waals surface area contributed by atoms with Crippen molar-refractivity contribution < 1.29 is 4.74 Å². The van der Waals surface area contributed by atoms with Gasteiger partial charge < -0.3 is 15.0 Å². The number of aryl methyl sites for hydroxylation is 1. The molecule has 0 bridgehead atoms. The average Bonchev–Trinajstić information content (AvgIpc) is 2.60. The van der Waals surface area contributed by atoms with E-state index in [0.717, 1.165) is 48.8 Å². The van der Waals surface area contributed by atoms with Crippen molar-refractivity contribution in [1.82, 2.24) is 9.97 Å². The lowest BCUT2D eigenvalue weighted by atomic mass is 10.00. The van der Waals surface area contributed by atoms with Crippen LogP contribution in [0.25, 0.3) is 0 Å². The summed E-state index contributed by atoms with van der Waals surface area (Å²) in [6.07, 6.45) is 2.43. The third kappa shape index (κ3) is 4.16. The molecule has 2 heterocycles. The lowest BCUT2D eigenvalue weighted by Crippen LogP contribution is -2.34. The SMILES string of the molecule is COc1ccc(CNc2cc(C)nc(N3CCC(C)CC3)n2)cc1. The molecular weight excluding hydrogens is 300 g/mol. The van der Waals surface area contributed by atoms with Gasteiger partial charge in [-0.1, -0.05) is 19.1 Å². The standard InChI is InChI=1S/C19H26N4O/c1-14-8-10-23(11-9-14)19-21-15(2)12-18(22-19)20-13-16-4-6-17(24-3)7-5-16/h4-7,12,14H,8-11,13H2,1-3H3,(H,20,21,22). The lowest BCUT2D eigenvalue weighted by Gasteiger charge is -2.30. The summed E-state index contributed by atoms with van der Waals surface area (Å²) >= 11 is 0. The van der Waals surface area contributed by atoms with Crippen LogP contribution in [0.2, 0.25) is 0 Å². The molecule has 1 fully saturated rings. The Morgan fingerprint density at radius 3 is 2.54 bits per heavy atom. The second-order valence-electron chi connectivity index (χ2n) is 6.57. The Hall–Kier alpha value is -2.30. The molecule has 0 atom stereocenters. The van der Waals surface area contributed by atoms with Crippen molar-refractivity contribution in [1.29, 1.82) is 0 Å². The summed E-state index contributed by atoms with van der Waals surface area (Å²) in [6, 6.07) is 10.1. The number of methoxy groups -OCH3 is 1. The first-order valence-corrected chi connectivity index (χ1v) is 8.61. The molecule has 5 nitrogen and oxygen atoms in total. The van der Waals surface area contributed by atoms with Gasteiger partial charge in [0.25, 0.3) is 0 Å². The highest BCUT2D eigenvalue weighted by molar-refractivity contribution is 5.44. The molecule has 0 unspecified atom stereocenters. The number of anilines is 2. The number of nitrogens with one attached hydrogen (secondary N) is 1. The van der Waals surface area contributed by atoms with Crippen LogP contribution in [-0.4, -0.2) is 30.2 Å². The second kappa shape index (κ2) is 7.51. The first-order chi connectivity index (χ1) is 11.6. The normalized spacial score (nSPS) is 15.4. The minimum atomic E-state index is 0.733. The van der Waals surface area contributed by atoms with Crippen LogP contribution in [0.1, 0.15) is 31.0 Å². The fourth-order valence-electron chi connectivity index (χ4n) is 2.93. The number of hydrogen-bond donors (Lipinski definition) is 1. The highest BCUT2D eigenvalue weighted by Crippen LogP contribution is 2.22. The van der Waals surface area contributed by atoms with Crippen LogP contribution in [-0.2, 0) is 6.54 Å². The van der Waals surface area contributed by atoms with E-state index in [1.807, 2.05) is 25.1 Å². The van der Waals surface area contributed by atoms with Gasteiger partial charge in [-0.25, -0.2) is 4.98 Å². The zero-order chi connectivity index (χ0) is 16.9. The second-order valence-corrected chi connectivity index (χ2v) is 6.57. The zero-order valence-electron chi connectivity index (χ0n) is 14.7. The van der Waals surface area contributed by atoms with Crippen LogP contribution in [0.15, 0.2) is 30.3 Å². The van der Waals surface area contributed by atoms with E-state index in [-0.39, 0.29) is 0 Å². The maximum atomic E-state index is 5.19. The van der Waals surface area contributed by atoms with Gasteiger partial charge in [0.05, 0.1) is 7.11 Å². The number of piperidine rings is 1. The molecule has 0 aliphatic carbocycles. The van der Waals surface area contributed by atoms with Gasteiger partial charge in [0, 0.05) is 31.4 Å². The molecule has 3 rings (SSSR count). The number of ether oxygens (including phenoxy) is 1. The van der Waals surface area contributed by atoms with Crippen molar-refractivity contribution in [3.05, 3.63) is 41.6 Å². The first kappa shape index (κ1) is 16.6. The molecule has 24 heavy (non-hydrogen) atoms. The van der Waals surface area contributed by atoms with E-state index in [1.54, 1.807) is 7.11 Å². The highest BCUT2D eigenvalue weighted by atomic mass is 16.5. The fourth-order valence-corrected chi connectivity index (χ4v) is 2.93. The van der Waals surface area contributed by atoms with Gasteiger partial charge in [0.1, 0.15) is 11.6 Å². The van der Waals surface area contributed by atoms with Crippen molar-refractivity contribution in [2.45, 2.75) is 33.2 Å². The number of nitrogens with zero attached hydrogens (tertiary/aromatic N) is 3. The first-order valence-electron chi connectivity index (χ1n) is 8.61. The molecule has 2 aromatic rings. The van der Waals surface area contributed by atoms with Gasteiger partial charge in [-0.3, -0.25) is 0 Å². The Labute approximate surface area is 144 Å². The summed E-state index contributed by atoms with van der Waals surface area (Å²) in [7, 11) is 1.68. The summed E-state index contributed by atoms with van der Waals surface area (Å²) < 4.78 is 5.19. The Kier molecular flexibility index (Phi) is 5.18. The van der Waals surface area contributed by atoms with Gasteiger partial charge in [0.15, 0.2) is 0 Å². The molecule has 1 aliphatic rings. The van der Waals surface area contributed by atoms with Crippen molar-refractivity contribution in [2.24, 2.45) is 5.92 Å². The third-order valence-corrected chi connectivity index (χ3v) is 4.54. The van der Waals surface area contributed by atoms with E-state index >= 15 is 0 Å². The molecule has 0 spiro atoms.